The Morgan fingerprint density at radius 2 is 1.36 bits per heavy atom. The standard InChI is InChI=1S/C25H48O11/c1-2-3-4-5-6-7-8-9-10-11-12-34-18-13-16(14-26)22(23(31)25(18,32)33)36-24-21(30)20(29)19(28)17(15-27)35-24/h16-24,26-33H,2-15H2,1H3/t16?,17?,18-,19-,20+,21?,22-,23+,24+/m1/s1. The average molecular weight is 525 g/mol. The fourth-order valence-electron chi connectivity index (χ4n) is 4.98. The van der Waals surface area contributed by atoms with Crippen LogP contribution in [0, 0.1) is 5.92 Å². The summed E-state index contributed by atoms with van der Waals surface area (Å²) in [6.07, 6.45) is -0.873. The molecule has 0 amide bonds. The fourth-order valence-corrected chi connectivity index (χ4v) is 4.98. The number of ether oxygens (including phenoxy) is 3. The van der Waals surface area contributed by atoms with E-state index in [0.717, 1.165) is 25.7 Å². The number of aliphatic hydroxyl groups is 8. The van der Waals surface area contributed by atoms with E-state index in [1.165, 1.54) is 38.5 Å². The first-order valence-electron chi connectivity index (χ1n) is 13.5. The average Bonchev–Trinajstić information content (AvgIpc) is 2.86. The second-order valence-corrected chi connectivity index (χ2v) is 10.2. The van der Waals surface area contributed by atoms with Crippen molar-refractivity contribution in [1.82, 2.24) is 0 Å². The molecular weight excluding hydrogens is 476 g/mol. The molecular formula is C25H48O11. The van der Waals surface area contributed by atoms with Crippen LogP contribution < -0.4 is 0 Å². The zero-order valence-electron chi connectivity index (χ0n) is 21.4. The molecule has 0 bridgehead atoms. The molecule has 2 aliphatic rings. The zero-order chi connectivity index (χ0) is 26.7. The van der Waals surface area contributed by atoms with E-state index in [0.29, 0.717) is 0 Å². The number of hydrogen-bond acceptors (Lipinski definition) is 11. The molecule has 36 heavy (non-hydrogen) atoms. The maximum Gasteiger partial charge on any atom is 0.219 e. The van der Waals surface area contributed by atoms with Crippen molar-refractivity contribution < 1.29 is 55.1 Å². The molecule has 1 saturated heterocycles. The highest BCUT2D eigenvalue weighted by atomic mass is 16.7. The molecule has 11 heteroatoms. The molecule has 1 saturated carbocycles. The van der Waals surface area contributed by atoms with Crippen LogP contribution in [-0.4, -0.2) is 115 Å². The largest absolute Gasteiger partial charge is 0.396 e. The van der Waals surface area contributed by atoms with Crippen molar-refractivity contribution in [2.75, 3.05) is 19.8 Å². The molecule has 3 unspecified atom stereocenters. The second-order valence-electron chi connectivity index (χ2n) is 10.2. The van der Waals surface area contributed by atoms with E-state index in [2.05, 4.69) is 6.92 Å². The van der Waals surface area contributed by atoms with Gasteiger partial charge >= 0.3 is 0 Å². The Hall–Kier alpha value is -0.440. The van der Waals surface area contributed by atoms with Crippen LogP contribution in [0.2, 0.25) is 0 Å². The Balaban J connectivity index is 1.81. The van der Waals surface area contributed by atoms with Gasteiger partial charge in [0.05, 0.1) is 12.7 Å². The van der Waals surface area contributed by atoms with E-state index >= 15 is 0 Å². The van der Waals surface area contributed by atoms with Crippen molar-refractivity contribution in [3.63, 3.8) is 0 Å². The molecule has 1 aliphatic heterocycles. The van der Waals surface area contributed by atoms with Gasteiger partial charge in [0.25, 0.3) is 0 Å². The van der Waals surface area contributed by atoms with Crippen molar-refractivity contribution >= 4 is 0 Å². The first-order valence-corrected chi connectivity index (χ1v) is 13.5. The first kappa shape index (κ1) is 31.8. The van der Waals surface area contributed by atoms with Gasteiger partial charge in [-0.2, -0.15) is 0 Å². The van der Waals surface area contributed by atoms with Crippen LogP contribution in [0.5, 0.6) is 0 Å². The Labute approximate surface area is 213 Å². The summed E-state index contributed by atoms with van der Waals surface area (Å²) in [5.74, 6) is -3.49. The lowest BCUT2D eigenvalue weighted by Gasteiger charge is -2.48. The minimum atomic E-state index is -2.69. The van der Waals surface area contributed by atoms with Crippen LogP contribution in [0.15, 0.2) is 0 Å². The molecule has 2 rings (SSSR count). The quantitative estimate of drug-likeness (QED) is 0.0962. The van der Waals surface area contributed by atoms with Gasteiger partial charge < -0.3 is 55.1 Å². The Kier molecular flexibility index (Phi) is 14.0. The number of unbranched alkanes of at least 4 members (excludes halogenated alkanes) is 9. The molecule has 0 aromatic heterocycles. The Morgan fingerprint density at radius 3 is 1.92 bits per heavy atom. The van der Waals surface area contributed by atoms with Crippen LogP contribution in [0.25, 0.3) is 0 Å². The highest BCUT2D eigenvalue weighted by Gasteiger charge is 2.56. The molecule has 2 fully saturated rings. The van der Waals surface area contributed by atoms with Crippen LogP contribution in [0.4, 0.5) is 0 Å². The molecule has 0 aromatic rings. The topological polar surface area (TPSA) is 190 Å². The zero-order valence-corrected chi connectivity index (χ0v) is 21.4. The first-order chi connectivity index (χ1) is 17.2. The third kappa shape index (κ3) is 8.54. The van der Waals surface area contributed by atoms with Crippen LogP contribution in [-0.2, 0) is 14.2 Å². The van der Waals surface area contributed by atoms with Crippen molar-refractivity contribution in [2.24, 2.45) is 5.92 Å². The summed E-state index contributed by atoms with van der Waals surface area (Å²) in [4.78, 5) is 0. The van der Waals surface area contributed by atoms with Gasteiger partial charge in [-0.3, -0.25) is 0 Å². The molecule has 0 aromatic carbocycles. The van der Waals surface area contributed by atoms with E-state index in [-0.39, 0.29) is 13.0 Å². The SMILES string of the molecule is CCCCCCCCCCCCO[C@@H]1CC(CO)[C@@H](O[C@@H]2OC(CO)[C@@H](O)[C@H](O)C2O)[C@H](O)C1(O)O. The molecule has 0 spiro atoms. The maximum atomic E-state index is 10.7. The lowest BCUT2D eigenvalue weighted by molar-refractivity contribution is -0.366. The molecule has 1 aliphatic carbocycles. The predicted octanol–water partition coefficient (Wildman–Crippen LogP) is -0.468. The summed E-state index contributed by atoms with van der Waals surface area (Å²) in [6.45, 7) is 1.33. The third-order valence-electron chi connectivity index (χ3n) is 7.39. The van der Waals surface area contributed by atoms with Crippen molar-refractivity contribution in [2.45, 2.75) is 132 Å². The summed E-state index contributed by atoms with van der Waals surface area (Å²) >= 11 is 0. The summed E-state index contributed by atoms with van der Waals surface area (Å²) in [5, 5.41) is 81.2. The van der Waals surface area contributed by atoms with Gasteiger partial charge in [0.15, 0.2) is 6.29 Å². The lowest BCUT2D eigenvalue weighted by atomic mass is 9.78. The van der Waals surface area contributed by atoms with Crippen LogP contribution in [0.1, 0.15) is 77.6 Å². The van der Waals surface area contributed by atoms with E-state index in [9.17, 15) is 40.9 Å². The monoisotopic (exact) mass is 524 g/mol. The van der Waals surface area contributed by atoms with Gasteiger partial charge in [0.1, 0.15) is 36.6 Å². The summed E-state index contributed by atoms with van der Waals surface area (Å²) < 4.78 is 16.5. The summed E-state index contributed by atoms with van der Waals surface area (Å²) in [7, 11) is 0. The highest BCUT2D eigenvalue weighted by molar-refractivity contribution is 5.00. The van der Waals surface area contributed by atoms with Gasteiger partial charge in [0.2, 0.25) is 5.79 Å². The molecule has 214 valence electrons. The Morgan fingerprint density at radius 1 is 0.778 bits per heavy atom. The number of aliphatic hydroxyl groups excluding tert-OH is 6. The molecule has 1 heterocycles. The molecule has 0 radical (unpaired) electrons. The van der Waals surface area contributed by atoms with Gasteiger partial charge in [-0.25, -0.2) is 0 Å². The minimum absolute atomic E-state index is 0.0413. The van der Waals surface area contributed by atoms with Gasteiger partial charge in [-0.05, 0) is 12.8 Å². The van der Waals surface area contributed by atoms with E-state index in [1.807, 2.05) is 0 Å². The van der Waals surface area contributed by atoms with Crippen LogP contribution in [0.3, 0.4) is 0 Å². The summed E-state index contributed by atoms with van der Waals surface area (Å²) in [5.41, 5.74) is 0. The van der Waals surface area contributed by atoms with Crippen molar-refractivity contribution in [1.29, 1.82) is 0 Å². The maximum absolute atomic E-state index is 10.7. The molecule has 11 nitrogen and oxygen atoms in total. The smallest absolute Gasteiger partial charge is 0.219 e. The fraction of sp³-hybridized carbons (Fsp3) is 1.00. The predicted molar refractivity (Wildman–Crippen MR) is 129 cm³/mol. The van der Waals surface area contributed by atoms with E-state index < -0.39 is 73.9 Å². The second kappa shape index (κ2) is 15.8. The van der Waals surface area contributed by atoms with Crippen molar-refractivity contribution in [3.8, 4) is 0 Å². The minimum Gasteiger partial charge on any atom is -0.396 e. The van der Waals surface area contributed by atoms with Gasteiger partial charge in [0, 0.05) is 19.1 Å². The summed E-state index contributed by atoms with van der Waals surface area (Å²) in [6, 6.07) is 0. The molecule has 9 atom stereocenters. The highest BCUT2D eigenvalue weighted by Crippen LogP contribution is 2.37. The van der Waals surface area contributed by atoms with Crippen LogP contribution >= 0.6 is 0 Å². The van der Waals surface area contributed by atoms with Gasteiger partial charge in [-0.1, -0.05) is 64.7 Å². The van der Waals surface area contributed by atoms with Gasteiger partial charge in [-0.15, -0.1) is 0 Å². The number of hydrogen-bond donors (Lipinski definition) is 8. The van der Waals surface area contributed by atoms with E-state index in [1.54, 1.807) is 0 Å². The number of rotatable bonds is 16. The van der Waals surface area contributed by atoms with Crippen molar-refractivity contribution in [3.05, 3.63) is 0 Å². The molecule has 8 N–H and O–H groups in total. The Bertz CT molecular complexity index is 590. The van der Waals surface area contributed by atoms with E-state index in [4.69, 9.17) is 14.2 Å². The third-order valence-corrected chi connectivity index (χ3v) is 7.39. The normalized spacial score (nSPS) is 36.8. The lowest BCUT2D eigenvalue weighted by Crippen LogP contribution is -2.67.